The summed E-state index contributed by atoms with van der Waals surface area (Å²) in [6.07, 6.45) is 4.54. The molecule has 0 bridgehead atoms. The van der Waals surface area contributed by atoms with E-state index in [0.29, 0.717) is 6.61 Å². The smallest absolute Gasteiger partial charge is 0.231 e. The van der Waals surface area contributed by atoms with Gasteiger partial charge in [-0.1, -0.05) is 13.8 Å². The predicted molar refractivity (Wildman–Crippen MR) is 129 cm³/mol. The summed E-state index contributed by atoms with van der Waals surface area (Å²) in [5.41, 5.74) is 14.7. The van der Waals surface area contributed by atoms with Crippen molar-refractivity contribution >= 4 is 22.6 Å². The van der Waals surface area contributed by atoms with Crippen LogP contribution in [0, 0.1) is 13.8 Å². The van der Waals surface area contributed by atoms with E-state index >= 15 is 0 Å². The molecule has 6 heterocycles. The standard InChI is InChI=1S/C25H29N7O2/c1-13(2)20-21(16-8-32-24(27-12-28-32)15(4)14(16)3)29-17-7-18-23(30-22(17)20)25(11-34-18)5-6-31(10-25)9-19(26)33/h7-8,12-13,29H,5-6,9-11H2,1-4H3,(H2,26,33)/t25-/m0/s1. The van der Waals surface area contributed by atoms with Crippen LogP contribution in [0.5, 0.6) is 5.75 Å². The van der Waals surface area contributed by atoms with E-state index in [0.717, 1.165) is 64.5 Å². The lowest BCUT2D eigenvalue weighted by atomic mass is 9.85. The molecular formula is C25H29N7O2. The highest BCUT2D eigenvalue weighted by Crippen LogP contribution is 2.46. The van der Waals surface area contributed by atoms with E-state index in [4.69, 9.17) is 15.5 Å². The summed E-state index contributed by atoms with van der Waals surface area (Å²) in [5, 5.41) is 4.38. The number of pyridine rings is 2. The molecule has 1 atom stereocenters. The first kappa shape index (κ1) is 21.1. The number of fused-ring (bicyclic) bond motifs is 4. The molecule has 2 aliphatic rings. The number of rotatable bonds is 4. The van der Waals surface area contributed by atoms with Gasteiger partial charge in [0, 0.05) is 29.9 Å². The zero-order chi connectivity index (χ0) is 23.8. The van der Waals surface area contributed by atoms with Crippen molar-refractivity contribution in [3.05, 3.63) is 41.0 Å². The maximum atomic E-state index is 11.5. The molecule has 9 heteroatoms. The molecule has 0 aromatic carbocycles. The molecule has 1 saturated heterocycles. The lowest BCUT2D eigenvalue weighted by Gasteiger charge is -2.21. The van der Waals surface area contributed by atoms with Crippen molar-refractivity contribution in [3.63, 3.8) is 0 Å². The predicted octanol–water partition coefficient (Wildman–Crippen LogP) is 2.83. The van der Waals surface area contributed by atoms with E-state index in [2.05, 4.69) is 53.7 Å². The molecule has 1 spiro atoms. The van der Waals surface area contributed by atoms with Gasteiger partial charge in [-0.25, -0.2) is 14.5 Å². The summed E-state index contributed by atoms with van der Waals surface area (Å²) in [6.45, 7) is 11.0. The number of carbonyl (C=O) groups excluding carboxylic acids is 1. The van der Waals surface area contributed by atoms with E-state index in [9.17, 15) is 4.79 Å². The summed E-state index contributed by atoms with van der Waals surface area (Å²) < 4.78 is 7.99. The lowest BCUT2D eigenvalue weighted by Crippen LogP contribution is -2.37. The van der Waals surface area contributed by atoms with Crippen molar-refractivity contribution in [2.75, 3.05) is 26.2 Å². The number of primary amides is 1. The molecule has 4 aromatic heterocycles. The Morgan fingerprint density at radius 3 is 2.91 bits per heavy atom. The molecule has 176 valence electrons. The Morgan fingerprint density at radius 2 is 2.15 bits per heavy atom. The second kappa shape index (κ2) is 7.27. The van der Waals surface area contributed by atoms with Crippen molar-refractivity contribution < 1.29 is 9.53 Å². The molecule has 1 amide bonds. The van der Waals surface area contributed by atoms with E-state index in [1.807, 2.05) is 10.7 Å². The van der Waals surface area contributed by atoms with Crippen LogP contribution in [0.4, 0.5) is 0 Å². The number of ether oxygens (including phenoxy) is 1. The molecule has 2 aliphatic heterocycles. The Bertz CT molecular complexity index is 1470. The zero-order valence-corrected chi connectivity index (χ0v) is 20.0. The minimum Gasteiger partial charge on any atom is -0.491 e. The number of amides is 1. The van der Waals surface area contributed by atoms with Gasteiger partial charge in [0.1, 0.15) is 18.7 Å². The number of likely N-dealkylation sites (tertiary alicyclic amines) is 1. The highest BCUT2D eigenvalue weighted by molar-refractivity contribution is 5.90. The number of hydrogen-bond acceptors (Lipinski definition) is 6. The van der Waals surface area contributed by atoms with Crippen LogP contribution in [0.2, 0.25) is 0 Å². The molecule has 4 aromatic rings. The molecule has 1 fully saturated rings. The van der Waals surface area contributed by atoms with Crippen LogP contribution in [0.15, 0.2) is 18.6 Å². The molecular weight excluding hydrogens is 430 g/mol. The van der Waals surface area contributed by atoms with Gasteiger partial charge in [-0.3, -0.25) is 9.69 Å². The maximum Gasteiger partial charge on any atom is 0.231 e. The number of H-pyrrole nitrogens is 1. The number of carbonyl (C=O) groups is 1. The van der Waals surface area contributed by atoms with Gasteiger partial charge in [0.15, 0.2) is 5.65 Å². The molecule has 9 nitrogen and oxygen atoms in total. The summed E-state index contributed by atoms with van der Waals surface area (Å²) in [5.74, 6) is 0.789. The normalized spacial score (nSPS) is 20.1. The Balaban J connectivity index is 1.52. The van der Waals surface area contributed by atoms with Crippen molar-refractivity contribution in [2.24, 2.45) is 5.73 Å². The van der Waals surface area contributed by atoms with Gasteiger partial charge in [0.25, 0.3) is 0 Å². The number of aromatic amines is 1. The van der Waals surface area contributed by atoms with Crippen LogP contribution in [-0.2, 0) is 10.2 Å². The van der Waals surface area contributed by atoms with Crippen LogP contribution < -0.4 is 10.5 Å². The van der Waals surface area contributed by atoms with Gasteiger partial charge < -0.3 is 15.5 Å². The lowest BCUT2D eigenvalue weighted by molar-refractivity contribution is -0.118. The second-order valence-electron chi connectivity index (χ2n) is 10.1. The third kappa shape index (κ3) is 2.96. The monoisotopic (exact) mass is 459 g/mol. The van der Waals surface area contributed by atoms with E-state index < -0.39 is 0 Å². The van der Waals surface area contributed by atoms with Gasteiger partial charge in [-0.15, -0.1) is 0 Å². The highest BCUT2D eigenvalue weighted by atomic mass is 16.5. The van der Waals surface area contributed by atoms with Gasteiger partial charge in [0.05, 0.1) is 34.4 Å². The zero-order valence-electron chi connectivity index (χ0n) is 20.0. The number of nitrogens with zero attached hydrogens (tertiary/aromatic N) is 5. The first-order valence-electron chi connectivity index (χ1n) is 11.8. The van der Waals surface area contributed by atoms with Crippen molar-refractivity contribution in [1.82, 2.24) is 29.5 Å². The van der Waals surface area contributed by atoms with Crippen molar-refractivity contribution in [2.45, 2.75) is 45.4 Å². The van der Waals surface area contributed by atoms with Crippen LogP contribution in [0.25, 0.3) is 27.9 Å². The van der Waals surface area contributed by atoms with Crippen LogP contribution in [0.1, 0.15) is 48.6 Å². The summed E-state index contributed by atoms with van der Waals surface area (Å²) >= 11 is 0. The Kier molecular flexibility index (Phi) is 4.51. The summed E-state index contributed by atoms with van der Waals surface area (Å²) in [6, 6.07) is 2.09. The maximum absolute atomic E-state index is 11.5. The second-order valence-corrected chi connectivity index (χ2v) is 10.1. The molecule has 6 rings (SSSR count). The van der Waals surface area contributed by atoms with E-state index in [1.54, 1.807) is 6.33 Å². The van der Waals surface area contributed by atoms with Crippen LogP contribution >= 0.6 is 0 Å². The van der Waals surface area contributed by atoms with E-state index in [-0.39, 0.29) is 23.8 Å². The van der Waals surface area contributed by atoms with Crippen molar-refractivity contribution in [1.29, 1.82) is 0 Å². The number of aryl methyl sites for hydroxylation is 1. The van der Waals surface area contributed by atoms with E-state index in [1.165, 1.54) is 11.1 Å². The molecule has 3 N–H and O–H groups in total. The average molecular weight is 460 g/mol. The molecule has 0 radical (unpaired) electrons. The average Bonchev–Trinajstić information content (AvgIpc) is 3.55. The Labute approximate surface area is 197 Å². The number of nitrogens with one attached hydrogen (secondary N) is 1. The molecule has 0 aliphatic carbocycles. The third-order valence-corrected chi connectivity index (χ3v) is 7.56. The highest BCUT2D eigenvalue weighted by Gasteiger charge is 2.48. The fourth-order valence-corrected chi connectivity index (χ4v) is 5.74. The fraction of sp³-hybridized carbons (Fsp3) is 0.440. The number of hydrogen-bond donors (Lipinski definition) is 2. The van der Waals surface area contributed by atoms with Gasteiger partial charge in [-0.2, -0.15) is 5.10 Å². The first-order chi connectivity index (χ1) is 16.3. The van der Waals surface area contributed by atoms with Gasteiger partial charge in [0.2, 0.25) is 5.91 Å². The summed E-state index contributed by atoms with van der Waals surface area (Å²) in [4.78, 5) is 26.9. The number of nitrogens with two attached hydrogens (primary N) is 1. The molecule has 0 saturated carbocycles. The minimum atomic E-state index is -0.299. The van der Waals surface area contributed by atoms with Gasteiger partial charge in [-0.05, 0) is 43.9 Å². The Morgan fingerprint density at radius 1 is 1.32 bits per heavy atom. The molecule has 0 unspecified atom stereocenters. The van der Waals surface area contributed by atoms with Crippen molar-refractivity contribution in [3.8, 4) is 17.0 Å². The quantitative estimate of drug-likeness (QED) is 0.485. The fourth-order valence-electron chi connectivity index (χ4n) is 5.74. The Hall–Kier alpha value is -3.46. The third-order valence-electron chi connectivity index (χ3n) is 7.56. The SMILES string of the molecule is Cc1c(-c2[nH]c3cc4c(nc3c2C(C)C)[C@]2(CCN(CC(N)=O)C2)CO4)cn2ncnc2c1C. The molecule has 34 heavy (non-hydrogen) atoms. The van der Waals surface area contributed by atoms with Crippen LogP contribution in [-0.4, -0.2) is 61.6 Å². The first-order valence-corrected chi connectivity index (χ1v) is 11.8. The largest absolute Gasteiger partial charge is 0.491 e. The topological polar surface area (TPSA) is 114 Å². The minimum absolute atomic E-state index is 0.198. The summed E-state index contributed by atoms with van der Waals surface area (Å²) in [7, 11) is 0. The van der Waals surface area contributed by atoms with Gasteiger partial charge >= 0.3 is 0 Å². The van der Waals surface area contributed by atoms with Crippen LogP contribution in [0.3, 0.4) is 0 Å². The number of aromatic nitrogens is 5.